The minimum absolute atomic E-state index is 0.134. The Kier molecular flexibility index (Phi) is 3.99. The molecule has 2 rings (SSSR count). The number of fused-ring (bicyclic) bond motifs is 1. The summed E-state index contributed by atoms with van der Waals surface area (Å²) in [6.07, 6.45) is 5.42. The van der Waals surface area contributed by atoms with Crippen LogP contribution in [0.5, 0.6) is 0 Å². The summed E-state index contributed by atoms with van der Waals surface area (Å²) in [5.41, 5.74) is -1.53. The summed E-state index contributed by atoms with van der Waals surface area (Å²) in [5.74, 6) is -0.523. The summed E-state index contributed by atoms with van der Waals surface area (Å²) in [6.45, 7) is -0.268. The van der Waals surface area contributed by atoms with Crippen molar-refractivity contribution in [3.05, 3.63) is 12.2 Å². The summed E-state index contributed by atoms with van der Waals surface area (Å²) >= 11 is 0. The number of carbonyl (C=O) groups excluding carboxylic acids is 1. The molecule has 0 aliphatic heterocycles. The van der Waals surface area contributed by atoms with Crippen molar-refractivity contribution in [3.8, 4) is 0 Å². The number of esters is 1. The highest BCUT2D eigenvalue weighted by molar-refractivity contribution is 5.81. The minimum atomic E-state index is -0.882. The third-order valence-corrected chi connectivity index (χ3v) is 4.97. The fourth-order valence-electron chi connectivity index (χ4n) is 3.89. The number of aliphatic hydroxyl groups is 2. The Labute approximate surface area is 113 Å². The van der Waals surface area contributed by atoms with Crippen LogP contribution < -0.4 is 0 Å². The molecule has 5 nitrogen and oxygen atoms in total. The van der Waals surface area contributed by atoms with Crippen LogP contribution in [0.4, 0.5) is 0 Å². The Morgan fingerprint density at radius 2 is 2.05 bits per heavy atom. The number of aliphatic hydroxyl groups excluding tert-OH is 2. The third-order valence-electron chi connectivity index (χ3n) is 4.97. The van der Waals surface area contributed by atoms with Crippen molar-refractivity contribution < 1.29 is 24.5 Å². The highest BCUT2D eigenvalue weighted by Crippen LogP contribution is 2.57. The van der Waals surface area contributed by atoms with Crippen LogP contribution in [0, 0.1) is 16.7 Å². The molecule has 0 heterocycles. The minimum Gasteiger partial charge on any atom is -0.468 e. The maximum absolute atomic E-state index is 12.3. The fourth-order valence-corrected chi connectivity index (χ4v) is 3.89. The summed E-state index contributed by atoms with van der Waals surface area (Å²) in [5, 5.41) is 19.5. The average molecular weight is 270 g/mol. The molecule has 2 N–H and O–H groups in total. The van der Waals surface area contributed by atoms with Gasteiger partial charge in [-0.2, -0.15) is 0 Å². The number of rotatable bonds is 4. The number of hydrogen-bond donors (Lipinski definition) is 2. The van der Waals surface area contributed by atoms with Crippen LogP contribution in [0.3, 0.4) is 0 Å². The van der Waals surface area contributed by atoms with Crippen LogP contribution in [-0.2, 0) is 14.3 Å². The van der Waals surface area contributed by atoms with E-state index >= 15 is 0 Å². The van der Waals surface area contributed by atoms with Gasteiger partial charge in [-0.15, -0.1) is 0 Å². The van der Waals surface area contributed by atoms with Crippen molar-refractivity contribution in [1.82, 2.24) is 0 Å². The van der Waals surface area contributed by atoms with Crippen molar-refractivity contribution in [2.75, 3.05) is 27.4 Å². The van der Waals surface area contributed by atoms with Gasteiger partial charge in [0.25, 0.3) is 0 Å². The molecular weight excluding hydrogens is 248 g/mol. The van der Waals surface area contributed by atoms with Crippen LogP contribution >= 0.6 is 0 Å². The van der Waals surface area contributed by atoms with Crippen molar-refractivity contribution >= 4 is 5.97 Å². The molecule has 2 aliphatic rings. The van der Waals surface area contributed by atoms with E-state index < -0.39 is 10.8 Å². The molecule has 19 heavy (non-hydrogen) atoms. The second kappa shape index (κ2) is 5.23. The van der Waals surface area contributed by atoms with Gasteiger partial charge in [-0.05, 0) is 25.2 Å². The zero-order chi connectivity index (χ0) is 14.1. The molecule has 0 aromatic rings. The van der Waals surface area contributed by atoms with Crippen LogP contribution in [0.25, 0.3) is 0 Å². The molecule has 1 saturated carbocycles. The summed E-state index contributed by atoms with van der Waals surface area (Å²) in [4.78, 5) is 12.3. The maximum atomic E-state index is 12.3. The average Bonchev–Trinajstić information content (AvgIpc) is 2.91. The Morgan fingerprint density at radius 3 is 2.58 bits per heavy atom. The Morgan fingerprint density at radius 1 is 1.37 bits per heavy atom. The predicted molar refractivity (Wildman–Crippen MR) is 68.3 cm³/mol. The predicted octanol–water partition coefficient (Wildman–Crippen LogP) is 0.502. The van der Waals surface area contributed by atoms with Crippen molar-refractivity contribution in [3.63, 3.8) is 0 Å². The molecule has 1 fully saturated rings. The number of carbonyl (C=O) groups is 1. The highest BCUT2D eigenvalue weighted by Gasteiger charge is 2.62. The van der Waals surface area contributed by atoms with E-state index in [4.69, 9.17) is 9.47 Å². The van der Waals surface area contributed by atoms with Gasteiger partial charge in [-0.1, -0.05) is 12.2 Å². The Bertz CT molecular complexity index is 374. The number of methoxy groups -OCH3 is 2. The number of ether oxygens (including phenoxy) is 2. The standard InChI is InChI=1S/C14H22O5/c1-18-11-5-7-13(8-15,9-16)10-4-3-6-14(10,11)12(17)19-2/h3,6,10-11,15-16H,4-5,7-9H2,1-2H3/t10-,11-,14+/m1/s1. The summed E-state index contributed by atoms with van der Waals surface area (Å²) < 4.78 is 10.5. The number of allylic oxidation sites excluding steroid dienone is 1. The molecule has 0 saturated heterocycles. The van der Waals surface area contributed by atoms with Crippen LogP contribution in [0.15, 0.2) is 12.2 Å². The van der Waals surface area contributed by atoms with E-state index in [1.807, 2.05) is 12.2 Å². The van der Waals surface area contributed by atoms with E-state index in [0.29, 0.717) is 19.3 Å². The van der Waals surface area contributed by atoms with E-state index in [9.17, 15) is 15.0 Å². The van der Waals surface area contributed by atoms with Crippen molar-refractivity contribution in [1.29, 1.82) is 0 Å². The fraction of sp³-hybridized carbons (Fsp3) is 0.786. The molecule has 0 spiro atoms. The number of hydrogen-bond acceptors (Lipinski definition) is 5. The molecule has 3 atom stereocenters. The van der Waals surface area contributed by atoms with E-state index in [1.54, 1.807) is 7.11 Å². The van der Waals surface area contributed by atoms with Gasteiger partial charge in [0.1, 0.15) is 5.41 Å². The third kappa shape index (κ3) is 1.83. The second-order valence-corrected chi connectivity index (χ2v) is 5.56. The first-order valence-electron chi connectivity index (χ1n) is 6.62. The molecule has 0 bridgehead atoms. The molecule has 0 aromatic carbocycles. The van der Waals surface area contributed by atoms with Crippen LogP contribution in [0.2, 0.25) is 0 Å². The lowest BCUT2D eigenvalue weighted by Crippen LogP contribution is -2.58. The second-order valence-electron chi connectivity index (χ2n) is 5.56. The lowest BCUT2D eigenvalue weighted by atomic mass is 9.54. The molecule has 0 radical (unpaired) electrons. The van der Waals surface area contributed by atoms with E-state index in [0.717, 1.165) is 0 Å². The van der Waals surface area contributed by atoms with Gasteiger partial charge in [-0.25, -0.2) is 0 Å². The van der Waals surface area contributed by atoms with Gasteiger partial charge in [-0.3, -0.25) is 4.79 Å². The first kappa shape index (κ1) is 14.5. The van der Waals surface area contributed by atoms with Gasteiger partial charge in [0.15, 0.2) is 0 Å². The Hall–Kier alpha value is -0.910. The van der Waals surface area contributed by atoms with E-state index in [2.05, 4.69) is 0 Å². The summed E-state index contributed by atoms with van der Waals surface area (Å²) in [7, 11) is 2.95. The molecule has 5 heteroatoms. The lowest BCUT2D eigenvalue weighted by Gasteiger charge is -2.51. The quantitative estimate of drug-likeness (QED) is 0.575. The largest absolute Gasteiger partial charge is 0.468 e. The van der Waals surface area contributed by atoms with Crippen LogP contribution in [0.1, 0.15) is 19.3 Å². The van der Waals surface area contributed by atoms with Gasteiger partial charge in [0.05, 0.1) is 26.4 Å². The van der Waals surface area contributed by atoms with Crippen molar-refractivity contribution in [2.24, 2.45) is 16.7 Å². The first-order chi connectivity index (χ1) is 9.11. The molecule has 0 aromatic heterocycles. The molecular formula is C14H22O5. The topological polar surface area (TPSA) is 76.0 Å². The van der Waals surface area contributed by atoms with E-state index in [1.165, 1.54) is 7.11 Å². The molecule has 108 valence electrons. The van der Waals surface area contributed by atoms with E-state index in [-0.39, 0.29) is 31.2 Å². The van der Waals surface area contributed by atoms with Crippen LogP contribution in [-0.4, -0.2) is 49.7 Å². The molecule has 0 unspecified atom stereocenters. The SMILES string of the molecule is COC(=O)[C@@]12C=CC[C@@H]1C(CO)(CO)CC[C@H]2OC. The van der Waals surface area contributed by atoms with Gasteiger partial charge >= 0.3 is 5.97 Å². The normalized spacial score (nSPS) is 36.0. The molecule has 2 aliphatic carbocycles. The highest BCUT2D eigenvalue weighted by atomic mass is 16.5. The zero-order valence-electron chi connectivity index (χ0n) is 11.5. The Balaban J connectivity index is 2.48. The van der Waals surface area contributed by atoms with Crippen molar-refractivity contribution in [2.45, 2.75) is 25.4 Å². The monoisotopic (exact) mass is 270 g/mol. The smallest absolute Gasteiger partial charge is 0.318 e. The maximum Gasteiger partial charge on any atom is 0.318 e. The van der Waals surface area contributed by atoms with Gasteiger partial charge in [0.2, 0.25) is 0 Å². The molecule has 0 amide bonds. The van der Waals surface area contributed by atoms with Gasteiger partial charge < -0.3 is 19.7 Å². The lowest BCUT2D eigenvalue weighted by molar-refractivity contribution is -0.182. The summed E-state index contributed by atoms with van der Waals surface area (Å²) in [6, 6.07) is 0. The first-order valence-corrected chi connectivity index (χ1v) is 6.62. The van der Waals surface area contributed by atoms with Gasteiger partial charge in [0, 0.05) is 12.5 Å². The zero-order valence-corrected chi connectivity index (χ0v) is 11.5.